The van der Waals surface area contributed by atoms with Crippen LogP contribution in [0.2, 0.25) is 0 Å². The molecule has 7 nitrogen and oxygen atoms in total. The van der Waals surface area contributed by atoms with Gasteiger partial charge in [-0.15, -0.1) is 0 Å². The van der Waals surface area contributed by atoms with Crippen LogP contribution in [0.1, 0.15) is 38.8 Å². The normalized spacial score (nSPS) is 10.2. The molecule has 25 heavy (non-hydrogen) atoms. The van der Waals surface area contributed by atoms with E-state index in [4.69, 9.17) is 9.47 Å². The number of carbonyl (C=O) groups is 2. The smallest absolute Gasteiger partial charge is 0.343 e. The third-order valence-corrected chi connectivity index (χ3v) is 3.56. The average molecular weight is 343 g/mol. The van der Waals surface area contributed by atoms with E-state index in [9.17, 15) is 19.7 Å². The molecule has 0 aliphatic rings. The minimum Gasteiger partial charge on any atom is -0.462 e. The highest BCUT2D eigenvalue weighted by Gasteiger charge is 2.20. The van der Waals surface area contributed by atoms with Gasteiger partial charge in [0, 0.05) is 12.1 Å². The van der Waals surface area contributed by atoms with Crippen molar-refractivity contribution in [2.24, 2.45) is 0 Å². The van der Waals surface area contributed by atoms with Crippen molar-refractivity contribution in [1.82, 2.24) is 0 Å². The lowest BCUT2D eigenvalue weighted by molar-refractivity contribution is -0.384. The second-order valence-electron chi connectivity index (χ2n) is 5.38. The van der Waals surface area contributed by atoms with Gasteiger partial charge < -0.3 is 9.47 Å². The summed E-state index contributed by atoms with van der Waals surface area (Å²) in [5, 5.41) is 11.1. The first-order valence-electron chi connectivity index (χ1n) is 7.58. The molecule has 0 aliphatic carbocycles. The molecule has 0 heterocycles. The first kappa shape index (κ1) is 18.1. The fourth-order valence-electron chi connectivity index (χ4n) is 2.11. The SMILES string of the molecule is CCOC(=O)c1cc(C(=O)Oc2ccc(C)c(C)c2)cc([N+](=O)[O-])c1. The Bertz CT molecular complexity index is 843. The number of rotatable bonds is 5. The van der Waals surface area contributed by atoms with Crippen LogP contribution in [0.5, 0.6) is 5.75 Å². The van der Waals surface area contributed by atoms with E-state index >= 15 is 0 Å². The predicted octanol–water partition coefficient (Wildman–Crippen LogP) is 3.61. The Labute approximate surface area is 144 Å². The monoisotopic (exact) mass is 343 g/mol. The Balaban J connectivity index is 2.35. The molecule has 0 saturated carbocycles. The lowest BCUT2D eigenvalue weighted by Gasteiger charge is -2.08. The Hall–Kier alpha value is -3.22. The highest BCUT2D eigenvalue weighted by atomic mass is 16.6. The largest absolute Gasteiger partial charge is 0.462 e. The van der Waals surface area contributed by atoms with Crippen LogP contribution < -0.4 is 4.74 Å². The van der Waals surface area contributed by atoms with E-state index in [0.29, 0.717) is 5.75 Å². The van der Waals surface area contributed by atoms with Crippen molar-refractivity contribution in [2.75, 3.05) is 6.61 Å². The maximum atomic E-state index is 12.3. The van der Waals surface area contributed by atoms with E-state index in [1.54, 1.807) is 25.1 Å². The molecule has 0 aliphatic heterocycles. The molecule has 0 N–H and O–H groups in total. The summed E-state index contributed by atoms with van der Waals surface area (Å²) in [6.45, 7) is 5.53. The van der Waals surface area contributed by atoms with Crippen LogP contribution in [0.15, 0.2) is 36.4 Å². The molecule has 0 saturated heterocycles. The van der Waals surface area contributed by atoms with Crippen LogP contribution in [-0.4, -0.2) is 23.5 Å². The molecule has 7 heteroatoms. The standard InChI is InChI=1S/C18H17NO6/c1-4-24-17(20)13-8-14(10-15(9-13)19(22)23)18(21)25-16-6-5-11(2)12(3)7-16/h5-10H,4H2,1-3H3. The van der Waals surface area contributed by atoms with E-state index in [0.717, 1.165) is 23.3 Å². The Morgan fingerprint density at radius 2 is 1.64 bits per heavy atom. The van der Waals surface area contributed by atoms with Crippen molar-refractivity contribution >= 4 is 17.6 Å². The summed E-state index contributed by atoms with van der Waals surface area (Å²) in [5.74, 6) is -1.22. The number of carbonyl (C=O) groups excluding carboxylic acids is 2. The van der Waals surface area contributed by atoms with Gasteiger partial charge in [0.15, 0.2) is 0 Å². The molecule has 0 aromatic heterocycles. The molecular weight excluding hydrogens is 326 g/mol. The van der Waals surface area contributed by atoms with Crippen molar-refractivity contribution < 1.29 is 24.0 Å². The third kappa shape index (κ3) is 4.41. The highest BCUT2D eigenvalue weighted by Crippen LogP contribution is 2.21. The molecule has 130 valence electrons. The van der Waals surface area contributed by atoms with Gasteiger partial charge in [0.25, 0.3) is 5.69 Å². The van der Waals surface area contributed by atoms with Crippen molar-refractivity contribution in [3.63, 3.8) is 0 Å². The Kier molecular flexibility index (Phi) is 5.49. The van der Waals surface area contributed by atoms with E-state index in [-0.39, 0.29) is 17.7 Å². The first-order valence-corrected chi connectivity index (χ1v) is 7.58. The van der Waals surface area contributed by atoms with Crippen LogP contribution in [0.4, 0.5) is 5.69 Å². The number of non-ortho nitro benzene ring substituents is 1. The van der Waals surface area contributed by atoms with Gasteiger partial charge in [0.05, 0.1) is 22.7 Å². The predicted molar refractivity (Wildman–Crippen MR) is 89.9 cm³/mol. The molecule has 0 unspecified atom stereocenters. The van der Waals surface area contributed by atoms with Crippen LogP contribution in [0.3, 0.4) is 0 Å². The van der Waals surface area contributed by atoms with E-state index in [1.165, 1.54) is 6.07 Å². The van der Waals surface area contributed by atoms with Crippen LogP contribution in [0.25, 0.3) is 0 Å². The van der Waals surface area contributed by atoms with Gasteiger partial charge in [-0.05, 0) is 50.1 Å². The van der Waals surface area contributed by atoms with Gasteiger partial charge in [-0.1, -0.05) is 6.07 Å². The number of benzene rings is 2. The molecule has 0 fully saturated rings. The van der Waals surface area contributed by atoms with Crippen LogP contribution >= 0.6 is 0 Å². The molecule has 2 rings (SSSR count). The van der Waals surface area contributed by atoms with E-state index in [1.807, 2.05) is 13.8 Å². The zero-order valence-electron chi connectivity index (χ0n) is 14.1. The van der Waals surface area contributed by atoms with Gasteiger partial charge >= 0.3 is 11.9 Å². The third-order valence-electron chi connectivity index (χ3n) is 3.56. The van der Waals surface area contributed by atoms with Gasteiger partial charge in [0.1, 0.15) is 5.75 Å². The van der Waals surface area contributed by atoms with Gasteiger partial charge in [0.2, 0.25) is 0 Å². The summed E-state index contributed by atoms with van der Waals surface area (Å²) in [5.41, 5.74) is 1.41. The summed E-state index contributed by atoms with van der Waals surface area (Å²) in [6.07, 6.45) is 0. The molecule has 2 aromatic rings. The minimum atomic E-state index is -0.794. The maximum Gasteiger partial charge on any atom is 0.343 e. The highest BCUT2D eigenvalue weighted by molar-refractivity contribution is 5.97. The van der Waals surface area contributed by atoms with Gasteiger partial charge in [-0.3, -0.25) is 10.1 Å². The molecule has 0 atom stereocenters. The molecule has 0 amide bonds. The van der Waals surface area contributed by atoms with Crippen molar-refractivity contribution in [1.29, 1.82) is 0 Å². The number of nitro benzene ring substituents is 1. The fraction of sp³-hybridized carbons (Fsp3) is 0.222. The van der Waals surface area contributed by atoms with Crippen LogP contribution in [0, 0.1) is 24.0 Å². The topological polar surface area (TPSA) is 95.7 Å². The summed E-state index contributed by atoms with van der Waals surface area (Å²) in [4.78, 5) is 34.5. The molecule has 0 radical (unpaired) electrons. The van der Waals surface area contributed by atoms with Crippen molar-refractivity contribution in [2.45, 2.75) is 20.8 Å². The quantitative estimate of drug-likeness (QED) is 0.356. The molecule has 2 aromatic carbocycles. The fourth-order valence-corrected chi connectivity index (χ4v) is 2.11. The number of aryl methyl sites for hydroxylation is 2. The van der Waals surface area contributed by atoms with Gasteiger partial charge in [-0.25, -0.2) is 9.59 Å². The summed E-state index contributed by atoms with van der Waals surface area (Å²) >= 11 is 0. The zero-order chi connectivity index (χ0) is 18.6. The zero-order valence-corrected chi connectivity index (χ0v) is 14.1. The van der Waals surface area contributed by atoms with Crippen molar-refractivity contribution in [3.8, 4) is 5.75 Å². The molecule has 0 spiro atoms. The summed E-state index contributed by atoms with van der Waals surface area (Å²) in [7, 11) is 0. The number of ether oxygens (including phenoxy) is 2. The number of nitro groups is 1. The Morgan fingerprint density at radius 1 is 1.00 bits per heavy atom. The lowest BCUT2D eigenvalue weighted by atomic mass is 10.1. The molecule has 0 bridgehead atoms. The second kappa shape index (κ2) is 7.57. The van der Waals surface area contributed by atoms with E-state index < -0.39 is 22.5 Å². The lowest BCUT2D eigenvalue weighted by Crippen LogP contribution is -2.12. The number of hydrogen-bond acceptors (Lipinski definition) is 6. The number of nitrogens with zero attached hydrogens (tertiary/aromatic N) is 1. The van der Waals surface area contributed by atoms with Crippen LogP contribution in [-0.2, 0) is 4.74 Å². The second-order valence-corrected chi connectivity index (χ2v) is 5.38. The van der Waals surface area contributed by atoms with E-state index in [2.05, 4.69) is 0 Å². The minimum absolute atomic E-state index is 0.0805. The summed E-state index contributed by atoms with van der Waals surface area (Å²) in [6, 6.07) is 8.46. The first-order chi connectivity index (χ1) is 11.8. The Morgan fingerprint density at radius 3 is 2.20 bits per heavy atom. The number of esters is 2. The van der Waals surface area contributed by atoms with Crippen molar-refractivity contribution in [3.05, 3.63) is 68.8 Å². The summed E-state index contributed by atoms with van der Waals surface area (Å²) < 4.78 is 10.1. The average Bonchev–Trinajstić information content (AvgIpc) is 2.58. The maximum absolute atomic E-state index is 12.3. The molecular formula is C18H17NO6. The number of hydrogen-bond donors (Lipinski definition) is 0. The van der Waals surface area contributed by atoms with Gasteiger partial charge in [-0.2, -0.15) is 0 Å².